The van der Waals surface area contributed by atoms with Crippen LogP contribution in [0.15, 0.2) is 78.4 Å². The fraction of sp³-hybridized carbons (Fsp3) is 0.333. The molecule has 2 aliphatic heterocycles. The second-order valence-electron chi connectivity index (χ2n) is 13.2. The van der Waals surface area contributed by atoms with Crippen LogP contribution in [0.5, 0.6) is 11.5 Å². The zero-order valence-electron chi connectivity index (χ0n) is 26.4. The van der Waals surface area contributed by atoms with E-state index >= 15 is 0 Å². The lowest BCUT2D eigenvalue weighted by Gasteiger charge is -2.49. The van der Waals surface area contributed by atoms with E-state index in [4.69, 9.17) is 4.74 Å². The number of rotatable bonds is 4. The molecular weight excluding hydrogens is 670 g/mol. The van der Waals surface area contributed by atoms with Gasteiger partial charge in [0.05, 0.1) is 52.8 Å². The van der Waals surface area contributed by atoms with E-state index in [1.165, 1.54) is 25.3 Å². The van der Waals surface area contributed by atoms with Crippen LogP contribution < -0.4 is 14.5 Å². The molecule has 1 saturated carbocycles. The molecule has 0 unspecified atom stereocenters. The quantitative estimate of drug-likeness (QED) is 0.181. The number of phenols is 1. The van der Waals surface area contributed by atoms with Gasteiger partial charge in [-0.2, -0.15) is 26.3 Å². The van der Waals surface area contributed by atoms with Crippen LogP contribution in [-0.2, 0) is 31.5 Å². The lowest BCUT2D eigenvalue weighted by atomic mass is 9.51. The highest BCUT2D eigenvalue weighted by Crippen LogP contribution is 2.64. The van der Waals surface area contributed by atoms with Gasteiger partial charge >= 0.3 is 12.4 Å². The molecule has 3 aromatic rings. The molecule has 8 nitrogen and oxygen atoms in total. The van der Waals surface area contributed by atoms with Gasteiger partial charge in [-0.15, -0.1) is 0 Å². The van der Waals surface area contributed by atoms with Crippen LogP contribution in [0.2, 0.25) is 0 Å². The zero-order chi connectivity index (χ0) is 36.1. The Hall–Kier alpha value is -5.14. The number of para-hydroxylation sites is 1. The average molecular weight is 699 g/mol. The largest absolute Gasteiger partial charge is 0.508 e. The van der Waals surface area contributed by atoms with E-state index in [0.29, 0.717) is 33.9 Å². The van der Waals surface area contributed by atoms with E-state index in [0.717, 1.165) is 4.90 Å². The zero-order valence-corrected chi connectivity index (χ0v) is 26.4. The molecule has 0 radical (unpaired) electrons. The summed E-state index contributed by atoms with van der Waals surface area (Å²) in [5.41, 5.74) is -4.45. The Bertz CT molecular complexity index is 1960. The topological polar surface area (TPSA) is 104 Å². The van der Waals surface area contributed by atoms with E-state index in [1.807, 2.05) is 0 Å². The molecular formula is C36H28F6N2O6. The maximum absolute atomic E-state index is 14.5. The summed E-state index contributed by atoms with van der Waals surface area (Å²) < 4.78 is 88.1. The number of nitrogens with zero attached hydrogens (tertiary/aromatic N) is 2. The van der Waals surface area contributed by atoms with Gasteiger partial charge in [0.1, 0.15) is 11.5 Å². The van der Waals surface area contributed by atoms with Crippen LogP contribution in [0, 0.1) is 29.1 Å². The predicted octanol–water partition coefficient (Wildman–Crippen LogP) is 6.87. The molecule has 4 aliphatic rings. The van der Waals surface area contributed by atoms with Crippen molar-refractivity contribution in [1.82, 2.24) is 0 Å². The number of benzene rings is 3. The second kappa shape index (κ2) is 11.2. The summed E-state index contributed by atoms with van der Waals surface area (Å²) in [6.45, 7) is 1.64. The van der Waals surface area contributed by atoms with Gasteiger partial charge in [0.25, 0.3) is 0 Å². The molecule has 3 aromatic carbocycles. The fourth-order valence-electron chi connectivity index (χ4n) is 8.44. The Morgan fingerprint density at radius 2 is 1.42 bits per heavy atom. The highest BCUT2D eigenvalue weighted by atomic mass is 19.4. The highest BCUT2D eigenvalue weighted by Gasteiger charge is 2.68. The van der Waals surface area contributed by atoms with Gasteiger partial charge in [-0.3, -0.25) is 19.2 Å². The van der Waals surface area contributed by atoms with Crippen molar-refractivity contribution in [3.63, 3.8) is 0 Å². The number of hydrogen-bond acceptors (Lipinski definition) is 6. The molecule has 50 heavy (non-hydrogen) atoms. The third kappa shape index (κ3) is 4.82. The van der Waals surface area contributed by atoms with Crippen LogP contribution in [0.25, 0.3) is 0 Å². The molecule has 7 rings (SSSR count). The number of imide groups is 2. The first-order valence-electron chi connectivity index (χ1n) is 15.7. The molecule has 14 heteroatoms. The predicted molar refractivity (Wildman–Crippen MR) is 165 cm³/mol. The molecule has 3 fully saturated rings. The number of ether oxygens (including phenoxy) is 1. The molecule has 1 N–H and O–H groups in total. The molecule has 2 heterocycles. The number of hydrogen-bond donors (Lipinski definition) is 1. The number of fused-ring (bicyclic) bond motifs is 4. The molecule has 2 saturated heterocycles. The van der Waals surface area contributed by atoms with Crippen molar-refractivity contribution in [3.05, 3.63) is 95.1 Å². The second-order valence-corrected chi connectivity index (χ2v) is 13.2. The molecule has 0 bridgehead atoms. The minimum absolute atomic E-state index is 0.0833. The Balaban J connectivity index is 1.37. The van der Waals surface area contributed by atoms with Crippen molar-refractivity contribution < 1.29 is 55.4 Å². The molecule has 0 spiro atoms. The summed E-state index contributed by atoms with van der Waals surface area (Å²) in [6, 6.07) is 13.1. The normalized spacial score (nSPS) is 28.0. The smallest absolute Gasteiger partial charge is 0.416 e. The van der Waals surface area contributed by atoms with Gasteiger partial charge < -0.3 is 9.84 Å². The van der Waals surface area contributed by atoms with Crippen molar-refractivity contribution >= 4 is 35.0 Å². The Morgan fingerprint density at radius 1 is 0.780 bits per heavy atom. The Morgan fingerprint density at radius 3 is 2.02 bits per heavy atom. The minimum atomic E-state index is -5.21. The number of carbonyl (C=O) groups is 4. The summed E-state index contributed by atoms with van der Waals surface area (Å²) >= 11 is 0. The average Bonchev–Trinajstić information content (AvgIpc) is 3.43. The number of anilines is 2. The summed E-state index contributed by atoms with van der Waals surface area (Å²) in [5.74, 6) is -8.32. The van der Waals surface area contributed by atoms with Crippen molar-refractivity contribution in [2.24, 2.45) is 29.1 Å². The highest BCUT2D eigenvalue weighted by molar-refractivity contribution is 6.25. The van der Waals surface area contributed by atoms with Crippen molar-refractivity contribution in [1.29, 1.82) is 0 Å². The van der Waals surface area contributed by atoms with Crippen molar-refractivity contribution in [2.45, 2.75) is 38.0 Å². The SMILES string of the molecule is COc1cc(O)ccc1[C@H]1C2=CC[C@@H]3C(=O)N(c4cc(C(F)(F)F)cc(C(F)(F)F)c4)C(=O)[C@@H]3[C@@H]2C[C@H]2C(=O)N(c3ccccc3)C(=O)[C@@]12C. The third-order valence-electron chi connectivity index (χ3n) is 10.6. The van der Waals surface area contributed by atoms with E-state index in [2.05, 4.69) is 0 Å². The Kier molecular flexibility index (Phi) is 7.47. The first-order chi connectivity index (χ1) is 23.5. The molecule has 4 amide bonds. The summed E-state index contributed by atoms with van der Waals surface area (Å²) in [5, 5.41) is 10.2. The van der Waals surface area contributed by atoms with Gasteiger partial charge in [-0.25, -0.2) is 9.80 Å². The summed E-state index contributed by atoms with van der Waals surface area (Å²) in [6.07, 6.45) is -8.96. The van der Waals surface area contributed by atoms with E-state index in [-0.39, 0.29) is 30.4 Å². The van der Waals surface area contributed by atoms with E-state index in [1.54, 1.807) is 43.3 Å². The summed E-state index contributed by atoms with van der Waals surface area (Å²) in [7, 11) is 1.35. The van der Waals surface area contributed by atoms with Gasteiger partial charge in [0, 0.05) is 17.5 Å². The van der Waals surface area contributed by atoms with Gasteiger partial charge in [0.15, 0.2) is 0 Å². The van der Waals surface area contributed by atoms with Crippen LogP contribution in [-0.4, -0.2) is 35.8 Å². The lowest BCUT2D eigenvalue weighted by Crippen LogP contribution is -2.49. The number of alkyl halides is 6. The van der Waals surface area contributed by atoms with Gasteiger partial charge in [-0.05, 0) is 62.1 Å². The molecule has 260 valence electrons. The number of carbonyl (C=O) groups excluding carboxylic acids is 4. The maximum Gasteiger partial charge on any atom is 0.416 e. The first kappa shape index (κ1) is 33.4. The van der Waals surface area contributed by atoms with Gasteiger partial charge in [0.2, 0.25) is 23.6 Å². The van der Waals surface area contributed by atoms with Crippen LogP contribution in [0.4, 0.5) is 37.7 Å². The van der Waals surface area contributed by atoms with Crippen LogP contribution in [0.1, 0.15) is 42.4 Å². The van der Waals surface area contributed by atoms with Crippen LogP contribution in [0.3, 0.4) is 0 Å². The fourth-order valence-corrected chi connectivity index (χ4v) is 8.44. The maximum atomic E-state index is 14.5. The minimum Gasteiger partial charge on any atom is -0.508 e. The first-order valence-corrected chi connectivity index (χ1v) is 15.7. The summed E-state index contributed by atoms with van der Waals surface area (Å²) in [4.78, 5) is 58.2. The molecule has 0 aromatic heterocycles. The molecule has 6 atom stereocenters. The lowest BCUT2D eigenvalue weighted by molar-refractivity contribution is -0.143. The molecule has 2 aliphatic carbocycles. The third-order valence-corrected chi connectivity index (χ3v) is 10.6. The number of methoxy groups -OCH3 is 1. The van der Waals surface area contributed by atoms with E-state index < -0.39 is 87.8 Å². The monoisotopic (exact) mass is 698 g/mol. The number of halogens is 6. The Labute approximate surface area is 280 Å². The standard InChI is InChI=1S/C36H28F6N2O6/c1-34-26(31(47)44(33(34)49)19-6-4-3-5-7-19)16-25-22(29(34)23-9-8-21(45)15-27(23)50-2)10-11-24-28(25)32(48)43(30(24)46)20-13-17(35(37,38)39)12-18(14-20)36(40,41)42/h3-10,12-15,24-26,28-29,45H,11,16H2,1-2H3/t24-,25+,26-,28-,29+,34+/m0/s1. The number of allylic oxidation sites excluding steroid dienone is 2. The van der Waals surface area contributed by atoms with Crippen molar-refractivity contribution in [3.8, 4) is 11.5 Å². The van der Waals surface area contributed by atoms with Crippen molar-refractivity contribution in [2.75, 3.05) is 16.9 Å². The van der Waals surface area contributed by atoms with E-state index in [9.17, 15) is 50.6 Å². The number of amides is 4. The van der Waals surface area contributed by atoms with Gasteiger partial charge in [-0.1, -0.05) is 35.9 Å². The number of phenolic OH excluding ortho intramolecular Hbond substituents is 1. The number of aromatic hydroxyl groups is 1. The van der Waals surface area contributed by atoms with Crippen LogP contribution >= 0.6 is 0 Å².